The lowest BCUT2D eigenvalue weighted by molar-refractivity contribution is 0.502. The molecule has 1 aromatic rings. The van der Waals surface area contributed by atoms with E-state index in [9.17, 15) is 0 Å². The lowest BCUT2D eigenvalue weighted by Gasteiger charge is -2.14. The molecule has 0 spiro atoms. The zero-order valence-corrected chi connectivity index (χ0v) is 8.11. The predicted molar refractivity (Wildman–Crippen MR) is 57.0 cm³/mol. The number of nitrogens with one attached hydrogen (secondary N) is 1. The molecule has 1 heterocycles. The number of rotatable bonds is 5. The molecule has 74 valence electrons. The zero-order valence-electron chi connectivity index (χ0n) is 8.11. The monoisotopic (exact) mass is 189 g/mol. The number of hydrazine groups is 1. The van der Waals surface area contributed by atoms with Gasteiger partial charge in [0.25, 0.3) is 0 Å². The highest BCUT2D eigenvalue weighted by molar-refractivity contribution is 5.14. The van der Waals surface area contributed by atoms with Crippen molar-refractivity contribution in [1.82, 2.24) is 10.4 Å². The Morgan fingerprint density at radius 3 is 2.79 bits per heavy atom. The Kier molecular flexibility index (Phi) is 4.70. The topological polar surface area (TPSA) is 50.9 Å². The van der Waals surface area contributed by atoms with Crippen LogP contribution in [0.15, 0.2) is 24.5 Å². The molecule has 0 amide bonds. The number of nitrogens with zero attached hydrogens (tertiary/aromatic N) is 1. The molecule has 1 unspecified atom stereocenters. The van der Waals surface area contributed by atoms with E-state index in [1.165, 1.54) is 0 Å². The third kappa shape index (κ3) is 3.17. The predicted octanol–water partition coefficient (Wildman–Crippen LogP) is 1.39. The standard InChI is InChI=1S/C11H15N3/c1-2-3-4-5-11(14-12)10-6-8-13-9-7-10/h1,6-9,11,14H,3-5,12H2. The highest BCUT2D eigenvalue weighted by Crippen LogP contribution is 2.16. The van der Waals surface area contributed by atoms with E-state index in [0.29, 0.717) is 0 Å². The molecule has 3 N–H and O–H groups in total. The van der Waals surface area contributed by atoms with Crippen molar-refractivity contribution in [3.05, 3.63) is 30.1 Å². The van der Waals surface area contributed by atoms with Gasteiger partial charge >= 0.3 is 0 Å². The summed E-state index contributed by atoms with van der Waals surface area (Å²) in [4.78, 5) is 3.96. The van der Waals surface area contributed by atoms with Crippen molar-refractivity contribution in [3.63, 3.8) is 0 Å². The molecule has 0 aliphatic heterocycles. The molecule has 0 aliphatic rings. The molecule has 0 aliphatic carbocycles. The first-order valence-corrected chi connectivity index (χ1v) is 4.68. The van der Waals surface area contributed by atoms with Crippen LogP contribution in [-0.2, 0) is 0 Å². The van der Waals surface area contributed by atoms with Crippen LogP contribution in [0.4, 0.5) is 0 Å². The third-order valence-corrected chi connectivity index (χ3v) is 2.12. The van der Waals surface area contributed by atoms with Gasteiger partial charge in [-0.25, -0.2) is 0 Å². The number of nitrogens with two attached hydrogens (primary N) is 1. The molecule has 1 rings (SSSR count). The van der Waals surface area contributed by atoms with Crippen molar-refractivity contribution in [2.75, 3.05) is 0 Å². The summed E-state index contributed by atoms with van der Waals surface area (Å²) < 4.78 is 0. The van der Waals surface area contributed by atoms with E-state index < -0.39 is 0 Å². The molecular weight excluding hydrogens is 174 g/mol. The van der Waals surface area contributed by atoms with E-state index in [4.69, 9.17) is 12.3 Å². The molecule has 0 bridgehead atoms. The Morgan fingerprint density at radius 1 is 1.50 bits per heavy atom. The van der Waals surface area contributed by atoms with Crippen LogP contribution in [0.25, 0.3) is 0 Å². The Balaban J connectivity index is 2.51. The first-order valence-electron chi connectivity index (χ1n) is 4.68. The van der Waals surface area contributed by atoms with Crippen molar-refractivity contribution in [3.8, 4) is 12.3 Å². The van der Waals surface area contributed by atoms with Crippen LogP contribution < -0.4 is 11.3 Å². The average Bonchev–Trinajstić information content (AvgIpc) is 2.26. The van der Waals surface area contributed by atoms with Crippen molar-refractivity contribution in [1.29, 1.82) is 0 Å². The highest BCUT2D eigenvalue weighted by Gasteiger charge is 2.07. The van der Waals surface area contributed by atoms with Crippen molar-refractivity contribution < 1.29 is 0 Å². The minimum absolute atomic E-state index is 0.173. The lowest BCUT2D eigenvalue weighted by Crippen LogP contribution is -2.27. The molecule has 0 saturated carbocycles. The molecule has 0 fully saturated rings. The Labute approximate surface area is 84.7 Å². The molecule has 0 saturated heterocycles. The van der Waals surface area contributed by atoms with Gasteiger partial charge in [0.05, 0.1) is 0 Å². The fourth-order valence-electron chi connectivity index (χ4n) is 1.35. The summed E-state index contributed by atoms with van der Waals surface area (Å²) in [5.41, 5.74) is 3.93. The molecule has 3 heteroatoms. The second kappa shape index (κ2) is 6.14. The van der Waals surface area contributed by atoms with Crippen molar-refractivity contribution in [2.24, 2.45) is 5.84 Å². The fourth-order valence-corrected chi connectivity index (χ4v) is 1.35. The molecule has 0 radical (unpaired) electrons. The fraction of sp³-hybridized carbons (Fsp3) is 0.364. The van der Waals surface area contributed by atoms with Crippen molar-refractivity contribution >= 4 is 0 Å². The normalized spacial score (nSPS) is 12.0. The van der Waals surface area contributed by atoms with E-state index in [-0.39, 0.29) is 6.04 Å². The Hall–Kier alpha value is -1.37. The van der Waals surface area contributed by atoms with Gasteiger partial charge in [0.15, 0.2) is 0 Å². The first kappa shape index (κ1) is 10.7. The van der Waals surface area contributed by atoms with Gasteiger partial charge in [-0.15, -0.1) is 12.3 Å². The van der Waals surface area contributed by atoms with Gasteiger partial charge in [0.2, 0.25) is 0 Å². The molecule has 1 aromatic heterocycles. The summed E-state index contributed by atoms with van der Waals surface area (Å²) in [5.74, 6) is 8.08. The summed E-state index contributed by atoms with van der Waals surface area (Å²) in [5, 5.41) is 0. The van der Waals surface area contributed by atoms with Crippen LogP contribution in [0.5, 0.6) is 0 Å². The van der Waals surface area contributed by atoms with Gasteiger partial charge in [0, 0.05) is 24.9 Å². The van der Waals surface area contributed by atoms with Crippen LogP contribution in [-0.4, -0.2) is 4.98 Å². The van der Waals surface area contributed by atoms with Gasteiger partial charge in [-0.1, -0.05) is 0 Å². The number of hydrogen-bond donors (Lipinski definition) is 2. The van der Waals surface area contributed by atoms with Gasteiger partial charge in [-0.3, -0.25) is 16.3 Å². The molecule has 3 nitrogen and oxygen atoms in total. The third-order valence-electron chi connectivity index (χ3n) is 2.12. The van der Waals surface area contributed by atoms with Gasteiger partial charge in [-0.2, -0.15) is 0 Å². The van der Waals surface area contributed by atoms with Crippen LogP contribution in [0.3, 0.4) is 0 Å². The van der Waals surface area contributed by atoms with Crippen LogP contribution in [0.1, 0.15) is 30.9 Å². The Morgan fingerprint density at radius 2 is 2.21 bits per heavy atom. The average molecular weight is 189 g/mol. The summed E-state index contributed by atoms with van der Waals surface area (Å²) in [6.07, 6.45) is 11.4. The number of pyridine rings is 1. The number of aromatic nitrogens is 1. The summed E-state index contributed by atoms with van der Waals surface area (Å²) in [6.45, 7) is 0. The summed E-state index contributed by atoms with van der Waals surface area (Å²) in [6, 6.07) is 4.09. The minimum Gasteiger partial charge on any atom is -0.271 e. The smallest absolute Gasteiger partial charge is 0.0461 e. The lowest BCUT2D eigenvalue weighted by atomic mass is 10.0. The highest BCUT2D eigenvalue weighted by atomic mass is 15.2. The van der Waals surface area contributed by atoms with Crippen molar-refractivity contribution in [2.45, 2.75) is 25.3 Å². The van der Waals surface area contributed by atoms with Gasteiger partial charge in [-0.05, 0) is 30.5 Å². The summed E-state index contributed by atoms with van der Waals surface area (Å²) in [7, 11) is 0. The van der Waals surface area contributed by atoms with Gasteiger partial charge in [0.1, 0.15) is 0 Å². The maximum absolute atomic E-state index is 5.46. The quantitative estimate of drug-likeness (QED) is 0.318. The summed E-state index contributed by atoms with van der Waals surface area (Å²) >= 11 is 0. The van der Waals surface area contributed by atoms with Crippen LogP contribution in [0, 0.1) is 12.3 Å². The zero-order chi connectivity index (χ0) is 10.2. The molecule has 0 aromatic carbocycles. The van der Waals surface area contributed by atoms with E-state index in [1.54, 1.807) is 12.4 Å². The van der Waals surface area contributed by atoms with E-state index in [0.717, 1.165) is 24.8 Å². The molecular formula is C11H15N3. The van der Waals surface area contributed by atoms with Gasteiger partial charge < -0.3 is 0 Å². The second-order valence-electron chi connectivity index (χ2n) is 3.10. The maximum Gasteiger partial charge on any atom is 0.0461 e. The SMILES string of the molecule is C#CCCCC(NN)c1ccncc1. The molecule has 1 atom stereocenters. The maximum atomic E-state index is 5.46. The first-order chi connectivity index (χ1) is 6.88. The van der Waals surface area contributed by atoms with E-state index in [2.05, 4.69) is 16.3 Å². The van der Waals surface area contributed by atoms with Crippen LogP contribution in [0.2, 0.25) is 0 Å². The number of hydrogen-bond acceptors (Lipinski definition) is 3. The van der Waals surface area contributed by atoms with E-state index >= 15 is 0 Å². The number of unbranched alkanes of at least 4 members (excludes halogenated alkanes) is 1. The molecule has 14 heavy (non-hydrogen) atoms. The van der Waals surface area contributed by atoms with Crippen LogP contribution >= 0.6 is 0 Å². The Bertz CT molecular complexity index is 289. The second-order valence-corrected chi connectivity index (χ2v) is 3.10. The largest absolute Gasteiger partial charge is 0.271 e. The minimum atomic E-state index is 0.173. The number of terminal acetylenes is 1. The van der Waals surface area contributed by atoms with E-state index in [1.807, 2.05) is 12.1 Å².